The standard InChI is InChI=1S/C30H35Cl2N5O2S.C27H30Cl2N4OS/c1-7-36(23-16-35(17-23)29(39)34(5)6)27(38)25-24(18(2)3)37-26(19-8-12-21(31)13-9-19)30(4,33-28(37)40-25)20-10-14-22(32)15-11-20;1-5-32(21-14-30-15-21)25(34)23-22(16(2)3)33-24(17-6-10-19(28)11-7-17)27(4,31-26(33)35-23)18-8-12-20(29)13-9-18/h8-15,18,23,26H,7,16-17H2,1-6H3;6-13,16,21,24,30H,5,14-15H2,1-4H3/t26-,30+;24-,27+/m11/s1. The number of carbonyl (C=O) groups is 3. The maximum atomic E-state index is 14.1. The fourth-order valence-electron chi connectivity index (χ4n) is 11.1. The molecule has 4 atom stereocenters. The number of thioether (sulfide) groups is 2. The van der Waals surface area contributed by atoms with Crippen LogP contribution in [0.2, 0.25) is 20.1 Å². The zero-order valence-electron chi connectivity index (χ0n) is 44.1. The maximum absolute atomic E-state index is 14.1. The van der Waals surface area contributed by atoms with Gasteiger partial charge in [0.25, 0.3) is 11.8 Å². The van der Waals surface area contributed by atoms with Gasteiger partial charge in [0.1, 0.15) is 20.9 Å². The summed E-state index contributed by atoms with van der Waals surface area (Å²) in [6.07, 6.45) is 0. The molecule has 2 saturated heterocycles. The van der Waals surface area contributed by atoms with Crippen LogP contribution in [-0.2, 0) is 20.7 Å². The first-order chi connectivity index (χ1) is 35.7. The third-order valence-electron chi connectivity index (χ3n) is 15.1. The molecule has 18 heteroatoms. The summed E-state index contributed by atoms with van der Waals surface area (Å²) < 4.78 is 0. The fraction of sp³-hybridized carbons (Fsp3) is 0.421. The van der Waals surface area contributed by atoms with Gasteiger partial charge in [-0.1, -0.05) is 123 Å². The van der Waals surface area contributed by atoms with Crippen molar-refractivity contribution >= 4 is 98.1 Å². The smallest absolute Gasteiger partial charge is 0.319 e. The van der Waals surface area contributed by atoms with Gasteiger partial charge in [0, 0.05) is 84.8 Å². The molecule has 0 aromatic heterocycles. The second kappa shape index (κ2) is 22.0. The van der Waals surface area contributed by atoms with E-state index in [9.17, 15) is 14.4 Å². The van der Waals surface area contributed by atoms with E-state index in [1.807, 2.05) is 89.5 Å². The Morgan fingerprint density at radius 3 is 1.25 bits per heavy atom. The first kappa shape index (κ1) is 55.1. The van der Waals surface area contributed by atoms with E-state index in [1.54, 1.807) is 23.9 Å². The van der Waals surface area contributed by atoms with Crippen LogP contribution in [0, 0.1) is 11.8 Å². The molecule has 4 aromatic carbocycles. The van der Waals surface area contributed by atoms with Crippen molar-refractivity contribution in [1.82, 2.24) is 34.7 Å². The summed E-state index contributed by atoms with van der Waals surface area (Å²) in [6.45, 7) is 21.0. The summed E-state index contributed by atoms with van der Waals surface area (Å²) in [5, 5.41) is 7.72. The van der Waals surface area contributed by atoms with Crippen LogP contribution in [0.4, 0.5) is 4.79 Å². The van der Waals surface area contributed by atoms with Gasteiger partial charge in [0.2, 0.25) is 0 Å². The second-order valence-electron chi connectivity index (χ2n) is 20.9. The van der Waals surface area contributed by atoms with Gasteiger partial charge >= 0.3 is 6.03 Å². The molecule has 0 bridgehead atoms. The Balaban J connectivity index is 0.000000185. The van der Waals surface area contributed by atoms with E-state index < -0.39 is 11.1 Å². The number of carbonyl (C=O) groups excluding carboxylic acids is 3. The molecule has 2 fully saturated rings. The molecular weight excluding hydrogens is 1060 g/mol. The number of halogens is 4. The van der Waals surface area contributed by atoms with Crippen LogP contribution in [0.1, 0.15) is 89.7 Å². The van der Waals surface area contributed by atoms with Gasteiger partial charge in [-0.3, -0.25) is 9.59 Å². The lowest BCUT2D eigenvalue weighted by atomic mass is 9.81. The number of aliphatic imine (C=N–C) groups is 2. The SMILES string of the molecule is CCN(C(=O)C1=C(C(C)C)N2C(=N[C@@](C)(c3ccc(Cl)cc3)[C@H]2c2ccc(Cl)cc2)S1)C1CN(C(=O)N(C)C)C1.CCN(C(=O)C1=C(C(C)C)N2C(=N[C@@](C)(c3ccc(Cl)cc3)[C@H]2c2ccc(Cl)cc2)S1)C1CNC1. The normalized spacial score (nSPS) is 23.2. The molecule has 0 saturated carbocycles. The lowest BCUT2D eigenvalue weighted by Gasteiger charge is -2.45. The largest absolute Gasteiger partial charge is 0.333 e. The van der Waals surface area contributed by atoms with Crippen molar-refractivity contribution in [3.63, 3.8) is 0 Å². The van der Waals surface area contributed by atoms with E-state index in [2.05, 4.69) is 87.8 Å². The number of amidine groups is 2. The molecule has 6 aliphatic rings. The Kier molecular flexibility index (Phi) is 16.2. The average Bonchev–Trinajstić information content (AvgIpc) is 4.06. The minimum Gasteiger partial charge on any atom is -0.333 e. The Bertz CT molecular complexity index is 2960. The zero-order chi connectivity index (χ0) is 53.8. The highest BCUT2D eigenvalue weighted by Gasteiger charge is 2.55. The fourth-order valence-corrected chi connectivity index (χ4v) is 14.3. The van der Waals surface area contributed by atoms with Crippen LogP contribution >= 0.6 is 69.9 Å². The quantitative estimate of drug-likeness (QED) is 0.149. The van der Waals surface area contributed by atoms with E-state index in [-0.39, 0.29) is 53.8 Å². The first-order valence-corrected chi connectivity index (χ1v) is 28.8. The Morgan fingerprint density at radius 1 is 0.600 bits per heavy atom. The van der Waals surface area contributed by atoms with Crippen LogP contribution in [0.5, 0.6) is 0 Å². The Labute approximate surface area is 470 Å². The first-order valence-electron chi connectivity index (χ1n) is 25.6. The number of likely N-dealkylation sites (N-methyl/N-ethyl adjacent to an activating group) is 2. The van der Waals surface area contributed by atoms with Crippen LogP contribution in [-0.4, -0.2) is 123 Å². The summed E-state index contributed by atoms with van der Waals surface area (Å²) in [7, 11) is 3.49. The molecule has 75 heavy (non-hydrogen) atoms. The predicted octanol–water partition coefficient (Wildman–Crippen LogP) is 12.5. The summed E-state index contributed by atoms with van der Waals surface area (Å²) in [6, 6.07) is 31.6. The number of hydrogen-bond acceptors (Lipinski definition) is 10. The number of likely N-dealkylation sites (tertiary alicyclic amines) is 1. The average molecular weight is 1130 g/mol. The van der Waals surface area contributed by atoms with Crippen molar-refractivity contribution in [2.24, 2.45) is 21.8 Å². The molecule has 6 heterocycles. The topological polar surface area (TPSA) is 107 Å². The van der Waals surface area contributed by atoms with Gasteiger partial charge < -0.3 is 34.7 Å². The minimum absolute atomic E-state index is 0.00157. The Hall–Kier alpha value is -4.67. The molecule has 10 rings (SSSR count). The van der Waals surface area contributed by atoms with E-state index in [1.165, 1.54) is 23.5 Å². The number of rotatable bonds is 12. The summed E-state index contributed by atoms with van der Waals surface area (Å²) in [5.41, 5.74) is 5.15. The highest BCUT2D eigenvalue weighted by atomic mass is 35.5. The lowest BCUT2D eigenvalue weighted by Crippen LogP contribution is -2.63. The molecule has 0 spiro atoms. The van der Waals surface area contributed by atoms with Crippen LogP contribution in [0.15, 0.2) is 128 Å². The molecule has 4 aromatic rings. The Morgan fingerprint density at radius 2 is 0.947 bits per heavy atom. The number of hydrogen-bond donors (Lipinski definition) is 1. The van der Waals surface area contributed by atoms with Crippen molar-refractivity contribution in [3.05, 3.63) is 161 Å². The minimum atomic E-state index is -0.610. The summed E-state index contributed by atoms with van der Waals surface area (Å²) in [5.74, 6) is 0.328. The molecule has 0 radical (unpaired) electrons. The maximum Gasteiger partial charge on any atom is 0.319 e. The molecule has 4 amide bonds. The van der Waals surface area contributed by atoms with Gasteiger partial charge in [0.05, 0.1) is 24.2 Å². The van der Waals surface area contributed by atoms with Crippen molar-refractivity contribution < 1.29 is 14.4 Å². The van der Waals surface area contributed by atoms with Gasteiger partial charge in [-0.25, -0.2) is 14.8 Å². The summed E-state index contributed by atoms with van der Waals surface area (Å²) >= 11 is 28.0. The van der Waals surface area contributed by atoms with Crippen molar-refractivity contribution in [2.75, 3.05) is 53.4 Å². The van der Waals surface area contributed by atoms with Gasteiger partial charge in [-0.15, -0.1) is 0 Å². The van der Waals surface area contributed by atoms with E-state index in [0.29, 0.717) is 51.2 Å². The van der Waals surface area contributed by atoms with Gasteiger partial charge in [-0.05, 0) is 134 Å². The zero-order valence-corrected chi connectivity index (χ0v) is 48.7. The predicted molar refractivity (Wildman–Crippen MR) is 309 cm³/mol. The molecule has 0 unspecified atom stereocenters. The molecule has 396 valence electrons. The highest BCUT2D eigenvalue weighted by molar-refractivity contribution is 8.18. The van der Waals surface area contributed by atoms with Crippen LogP contribution in [0.3, 0.4) is 0 Å². The number of benzene rings is 4. The second-order valence-corrected chi connectivity index (χ2v) is 24.6. The van der Waals surface area contributed by atoms with Crippen LogP contribution in [0.25, 0.3) is 0 Å². The van der Waals surface area contributed by atoms with Crippen molar-refractivity contribution in [1.29, 1.82) is 0 Å². The molecule has 6 aliphatic heterocycles. The van der Waals surface area contributed by atoms with Gasteiger partial charge in [0.15, 0.2) is 10.3 Å². The molecule has 0 aliphatic carbocycles. The number of urea groups is 1. The van der Waals surface area contributed by atoms with E-state index in [0.717, 1.165) is 62.0 Å². The van der Waals surface area contributed by atoms with E-state index in [4.69, 9.17) is 56.4 Å². The molecular formula is C57H65Cl4N9O3S2. The highest BCUT2D eigenvalue weighted by Crippen LogP contribution is 2.58. The number of amides is 4. The van der Waals surface area contributed by atoms with E-state index >= 15 is 0 Å². The summed E-state index contributed by atoms with van der Waals surface area (Å²) in [4.78, 5) is 64.2. The third kappa shape index (κ3) is 10.2. The number of fused-ring (bicyclic) bond motifs is 2. The number of nitrogens with zero attached hydrogens (tertiary/aromatic N) is 8. The van der Waals surface area contributed by atoms with Crippen LogP contribution < -0.4 is 5.32 Å². The number of allylic oxidation sites excluding steroid dienone is 2. The number of nitrogens with one attached hydrogen (secondary N) is 1. The van der Waals surface area contributed by atoms with Gasteiger partial charge in [-0.2, -0.15) is 0 Å². The van der Waals surface area contributed by atoms with Crippen molar-refractivity contribution in [3.8, 4) is 0 Å². The van der Waals surface area contributed by atoms with Crippen molar-refractivity contribution in [2.45, 2.75) is 90.6 Å². The molecule has 12 nitrogen and oxygen atoms in total. The third-order valence-corrected chi connectivity index (χ3v) is 18.2. The monoisotopic (exact) mass is 1130 g/mol. The lowest BCUT2D eigenvalue weighted by molar-refractivity contribution is -0.131. The molecule has 1 N–H and O–H groups in total.